The van der Waals surface area contributed by atoms with Crippen molar-refractivity contribution in [2.24, 2.45) is 4.99 Å². The molecule has 0 radical (unpaired) electrons. The van der Waals surface area contributed by atoms with E-state index in [1.165, 1.54) is 0 Å². The number of para-hydroxylation sites is 1. The molecular weight excluding hydrogens is 384 g/mol. The van der Waals surface area contributed by atoms with E-state index in [0.717, 1.165) is 33.9 Å². The number of nitrogens with zero attached hydrogens (tertiary/aromatic N) is 2. The molecule has 1 aromatic heterocycles. The number of rotatable bonds is 4. The minimum absolute atomic E-state index is 0.298. The number of benzene rings is 2. The number of aliphatic imine (C=N–C) groups is 1. The Kier molecular flexibility index (Phi) is 5.96. The van der Waals surface area contributed by atoms with Crippen molar-refractivity contribution >= 4 is 17.9 Å². The lowest BCUT2D eigenvalue weighted by Crippen LogP contribution is -2.31. The lowest BCUT2D eigenvalue weighted by molar-refractivity contribution is 0.259. The van der Waals surface area contributed by atoms with Crippen LogP contribution >= 0.6 is 0 Å². The molecule has 0 spiro atoms. The van der Waals surface area contributed by atoms with Crippen LogP contribution in [0.3, 0.4) is 0 Å². The predicted octanol–water partition coefficient (Wildman–Crippen LogP) is 3.06. The molecule has 0 aliphatic carbocycles. The van der Waals surface area contributed by atoms with E-state index in [1.807, 2.05) is 32.0 Å². The Labute approximate surface area is 172 Å². The number of aromatic hydroxyl groups is 1. The topological polar surface area (TPSA) is 117 Å². The number of carbonyl (C=O) groups is 1. The molecule has 1 heterocycles. The highest BCUT2D eigenvalue weighted by Gasteiger charge is 2.16. The minimum Gasteiger partial charge on any atom is -0.493 e. The Balaban J connectivity index is 1.97. The van der Waals surface area contributed by atoms with E-state index >= 15 is 0 Å². The fourth-order valence-corrected chi connectivity index (χ4v) is 3.16. The maximum absolute atomic E-state index is 12.3. The van der Waals surface area contributed by atoms with Crippen molar-refractivity contribution in [3.8, 4) is 11.6 Å². The first-order chi connectivity index (χ1) is 14.3. The van der Waals surface area contributed by atoms with Gasteiger partial charge in [-0.2, -0.15) is 0 Å². The number of aromatic nitrogens is 2. The van der Waals surface area contributed by atoms with Crippen LogP contribution in [-0.4, -0.2) is 26.9 Å². The molecular formula is C22H22N4O4. The molecule has 3 N–H and O–H groups in total. The first-order valence-corrected chi connectivity index (χ1v) is 9.40. The van der Waals surface area contributed by atoms with Crippen molar-refractivity contribution in [2.75, 3.05) is 5.32 Å². The summed E-state index contributed by atoms with van der Waals surface area (Å²) in [5.74, 6) is -0.596. The van der Waals surface area contributed by atoms with Crippen molar-refractivity contribution in [1.29, 1.82) is 0 Å². The molecule has 0 aliphatic heterocycles. The zero-order chi connectivity index (χ0) is 21.8. The standard InChI is InChI=1S/C22H22N4O4/c1-4-15-7-5-6-8-17(15)24-21(29)23-12-16-19(27)25-22(30)26(20(16)28)18-10-9-13(2)11-14(18)3/h5-12,28H,4H2,1-3H3,(H,24,29)(H,25,27,30). The van der Waals surface area contributed by atoms with Gasteiger partial charge in [0, 0.05) is 5.69 Å². The van der Waals surface area contributed by atoms with Crippen molar-refractivity contribution in [3.63, 3.8) is 0 Å². The summed E-state index contributed by atoms with van der Waals surface area (Å²) < 4.78 is 0.974. The lowest BCUT2D eigenvalue weighted by atomic mass is 10.1. The molecule has 0 bridgehead atoms. The fraction of sp³-hybridized carbons (Fsp3) is 0.182. The van der Waals surface area contributed by atoms with Crippen LogP contribution in [0, 0.1) is 13.8 Å². The van der Waals surface area contributed by atoms with Gasteiger partial charge in [0.1, 0.15) is 5.56 Å². The second-order valence-electron chi connectivity index (χ2n) is 6.82. The summed E-state index contributed by atoms with van der Waals surface area (Å²) in [6, 6.07) is 11.9. The van der Waals surface area contributed by atoms with Gasteiger partial charge in [-0.15, -0.1) is 0 Å². The number of carbonyl (C=O) groups excluding carboxylic acids is 1. The first kappa shape index (κ1) is 20.8. The van der Waals surface area contributed by atoms with Gasteiger partial charge in [0.15, 0.2) is 0 Å². The Morgan fingerprint density at radius 2 is 1.93 bits per heavy atom. The highest BCUT2D eigenvalue weighted by Crippen LogP contribution is 2.20. The Morgan fingerprint density at radius 1 is 1.20 bits per heavy atom. The Morgan fingerprint density at radius 3 is 2.63 bits per heavy atom. The van der Waals surface area contributed by atoms with Crippen LogP contribution in [0.2, 0.25) is 0 Å². The van der Waals surface area contributed by atoms with Crippen LogP contribution in [-0.2, 0) is 6.42 Å². The van der Waals surface area contributed by atoms with Crippen molar-refractivity contribution in [1.82, 2.24) is 9.55 Å². The second kappa shape index (κ2) is 8.60. The molecule has 0 fully saturated rings. The summed E-state index contributed by atoms with van der Waals surface area (Å²) in [4.78, 5) is 42.6. The Hall–Kier alpha value is -3.94. The number of anilines is 1. The van der Waals surface area contributed by atoms with Crippen LogP contribution in [0.25, 0.3) is 5.69 Å². The number of nitrogens with one attached hydrogen (secondary N) is 2. The van der Waals surface area contributed by atoms with E-state index < -0.39 is 23.2 Å². The maximum atomic E-state index is 12.3. The van der Waals surface area contributed by atoms with E-state index in [0.29, 0.717) is 11.4 Å². The van der Waals surface area contributed by atoms with Gasteiger partial charge in [0.25, 0.3) is 5.56 Å². The van der Waals surface area contributed by atoms with Crippen molar-refractivity contribution in [3.05, 3.63) is 85.6 Å². The quantitative estimate of drug-likeness (QED) is 0.577. The number of H-pyrrole nitrogens is 1. The van der Waals surface area contributed by atoms with Gasteiger partial charge in [-0.05, 0) is 43.5 Å². The molecule has 8 heteroatoms. The van der Waals surface area contributed by atoms with Crippen molar-refractivity contribution in [2.45, 2.75) is 27.2 Å². The maximum Gasteiger partial charge on any atom is 0.345 e. The molecule has 0 atom stereocenters. The molecule has 0 saturated heterocycles. The number of urea groups is 1. The average Bonchev–Trinajstić information content (AvgIpc) is 2.69. The van der Waals surface area contributed by atoms with Gasteiger partial charge >= 0.3 is 11.7 Å². The summed E-state index contributed by atoms with van der Waals surface area (Å²) in [5, 5.41) is 13.2. The van der Waals surface area contributed by atoms with E-state index in [2.05, 4.69) is 15.3 Å². The predicted molar refractivity (Wildman–Crippen MR) is 116 cm³/mol. The zero-order valence-electron chi connectivity index (χ0n) is 16.9. The number of amides is 2. The SMILES string of the molecule is CCc1ccccc1NC(=O)N=Cc1c(O)n(-c2ccc(C)cc2C)c(=O)[nH]c1=O. The highest BCUT2D eigenvalue weighted by atomic mass is 16.3. The smallest absolute Gasteiger partial charge is 0.345 e. The highest BCUT2D eigenvalue weighted by molar-refractivity contribution is 5.99. The molecule has 154 valence electrons. The average molecular weight is 406 g/mol. The van der Waals surface area contributed by atoms with E-state index in [-0.39, 0.29) is 5.56 Å². The molecule has 2 amide bonds. The summed E-state index contributed by atoms with van der Waals surface area (Å²) in [6.45, 7) is 5.65. The fourth-order valence-electron chi connectivity index (χ4n) is 3.16. The number of aromatic amines is 1. The number of hydrogen-bond donors (Lipinski definition) is 3. The summed E-state index contributed by atoms with van der Waals surface area (Å²) in [6.07, 6.45) is 1.67. The number of hydrogen-bond acceptors (Lipinski definition) is 4. The van der Waals surface area contributed by atoms with E-state index in [9.17, 15) is 19.5 Å². The lowest BCUT2D eigenvalue weighted by Gasteiger charge is -2.12. The molecule has 0 unspecified atom stereocenters. The zero-order valence-corrected chi connectivity index (χ0v) is 16.9. The van der Waals surface area contributed by atoms with Gasteiger partial charge in [0.2, 0.25) is 5.88 Å². The summed E-state index contributed by atoms with van der Waals surface area (Å²) >= 11 is 0. The summed E-state index contributed by atoms with van der Waals surface area (Å²) in [7, 11) is 0. The van der Waals surface area contributed by atoms with E-state index in [1.54, 1.807) is 31.2 Å². The van der Waals surface area contributed by atoms with Gasteiger partial charge in [-0.1, -0.05) is 42.8 Å². The van der Waals surface area contributed by atoms with E-state index in [4.69, 9.17) is 0 Å². The monoisotopic (exact) mass is 406 g/mol. The molecule has 2 aromatic carbocycles. The molecule has 3 rings (SSSR count). The van der Waals surface area contributed by atoms with Gasteiger partial charge in [-0.25, -0.2) is 19.1 Å². The molecule has 0 aliphatic rings. The summed E-state index contributed by atoms with van der Waals surface area (Å²) in [5.41, 5.74) is 1.75. The largest absolute Gasteiger partial charge is 0.493 e. The molecule has 8 nitrogen and oxygen atoms in total. The van der Waals surface area contributed by atoms with Crippen LogP contribution in [0.5, 0.6) is 5.88 Å². The third-order valence-electron chi connectivity index (χ3n) is 4.66. The van der Waals surface area contributed by atoms with Crippen LogP contribution < -0.4 is 16.6 Å². The molecule has 0 saturated carbocycles. The third kappa shape index (κ3) is 4.22. The second-order valence-corrected chi connectivity index (χ2v) is 6.82. The molecule has 3 aromatic rings. The Bertz CT molecular complexity index is 1250. The van der Waals surface area contributed by atoms with Crippen molar-refractivity contribution < 1.29 is 9.90 Å². The molecule has 30 heavy (non-hydrogen) atoms. The van der Waals surface area contributed by atoms with Gasteiger partial charge in [0.05, 0.1) is 11.9 Å². The normalized spacial score (nSPS) is 11.0. The van der Waals surface area contributed by atoms with Gasteiger partial charge < -0.3 is 10.4 Å². The third-order valence-corrected chi connectivity index (χ3v) is 4.66. The van der Waals surface area contributed by atoms with Gasteiger partial charge in [-0.3, -0.25) is 9.78 Å². The first-order valence-electron chi connectivity index (χ1n) is 9.40. The van der Waals surface area contributed by atoms with Crippen LogP contribution in [0.4, 0.5) is 10.5 Å². The minimum atomic E-state index is -0.843. The van der Waals surface area contributed by atoms with Crippen LogP contribution in [0.1, 0.15) is 29.2 Å². The number of aryl methyl sites for hydroxylation is 3. The van der Waals surface area contributed by atoms with Crippen LogP contribution in [0.15, 0.2) is 57.0 Å².